The van der Waals surface area contributed by atoms with Crippen LogP contribution in [0.5, 0.6) is 0 Å². The minimum atomic E-state index is -0.242. The molecule has 0 aliphatic carbocycles. The van der Waals surface area contributed by atoms with Crippen LogP contribution in [0.4, 0.5) is 0 Å². The van der Waals surface area contributed by atoms with E-state index in [-0.39, 0.29) is 12.1 Å². The van der Waals surface area contributed by atoms with Gasteiger partial charge >= 0.3 is 0 Å². The van der Waals surface area contributed by atoms with Crippen LogP contribution in [0.15, 0.2) is 30.3 Å². The van der Waals surface area contributed by atoms with Crippen molar-refractivity contribution in [1.29, 1.82) is 0 Å². The summed E-state index contributed by atoms with van der Waals surface area (Å²) >= 11 is 0. The van der Waals surface area contributed by atoms with Gasteiger partial charge in [-0.05, 0) is 12.5 Å². The highest BCUT2D eigenvalue weighted by atomic mass is 16.5. The maximum Gasteiger partial charge on any atom is 0.0671 e. The molecule has 1 N–H and O–H groups in total. The van der Waals surface area contributed by atoms with Crippen molar-refractivity contribution < 1.29 is 9.84 Å². The summed E-state index contributed by atoms with van der Waals surface area (Å²) in [4.78, 5) is 2.30. The van der Waals surface area contributed by atoms with E-state index in [4.69, 9.17) is 4.74 Å². The molecule has 0 radical (unpaired) electrons. The molecule has 3 nitrogen and oxygen atoms in total. The van der Waals surface area contributed by atoms with E-state index in [2.05, 4.69) is 24.0 Å². The van der Waals surface area contributed by atoms with Gasteiger partial charge in [-0.25, -0.2) is 0 Å². The Kier molecular flexibility index (Phi) is 3.59. The Balaban J connectivity index is 2.07. The van der Waals surface area contributed by atoms with Gasteiger partial charge in [-0.2, -0.15) is 0 Å². The summed E-state index contributed by atoms with van der Waals surface area (Å²) in [6.07, 6.45) is 0. The lowest BCUT2D eigenvalue weighted by Crippen LogP contribution is -2.56. The molecular weight excluding hydrogens is 202 g/mol. The highest BCUT2D eigenvalue weighted by Gasteiger charge is 2.34. The van der Waals surface area contributed by atoms with E-state index in [0.717, 1.165) is 19.7 Å². The molecule has 16 heavy (non-hydrogen) atoms. The molecule has 1 aliphatic rings. The molecule has 0 amide bonds. The molecular formula is C13H19NO2. The Morgan fingerprint density at radius 3 is 2.81 bits per heavy atom. The third-order valence-electron chi connectivity index (χ3n) is 3.24. The van der Waals surface area contributed by atoms with Gasteiger partial charge in [0.25, 0.3) is 0 Å². The Morgan fingerprint density at radius 2 is 2.12 bits per heavy atom. The number of benzene rings is 1. The third-order valence-corrected chi connectivity index (χ3v) is 3.24. The van der Waals surface area contributed by atoms with Crippen molar-refractivity contribution in [3.8, 4) is 0 Å². The van der Waals surface area contributed by atoms with Gasteiger partial charge in [0.05, 0.1) is 25.4 Å². The monoisotopic (exact) mass is 221 g/mol. The number of rotatable bonds is 3. The predicted octanol–water partition coefficient (Wildman–Crippen LogP) is 1.27. The molecule has 0 aromatic heterocycles. The second-order valence-corrected chi connectivity index (χ2v) is 4.61. The molecule has 2 rings (SSSR count). The quantitative estimate of drug-likeness (QED) is 0.834. The average molecular weight is 221 g/mol. The summed E-state index contributed by atoms with van der Waals surface area (Å²) < 4.78 is 5.44. The van der Waals surface area contributed by atoms with Gasteiger partial charge < -0.3 is 9.84 Å². The van der Waals surface area contributed by atoms with E-state index in [1.807, 2.05) is 18.2 Å². The van der Waals surface area contributed by atoms with E-state index in [9.17, 15) is 5.11 Å². The normalized spacial score (nSPS) is 26.9. The first kappa shape index (κ1) is 11.6. The first-order chi connectivity index (χ1) is 7.74. The maximum absolute atomic E-state index is 9.48. The standard InChI is InChI=1S/C13H19NO2/c1-13(10-15)11-16-8-7-14(13)9-12-5-3-2-4-6-12/h2-6,15H,7-11H2,1H3. The zero-order valence-corrected chi connectivity index (χ0v) is 9.72. The van der Waals surface area contributed by atoms with Crippen LogP contribution < -0.4 is 0 Å². The average Bonchev–Trinajstić information content (AvgIpc) is 2.34. The minimum absolute atomic E-state index is 0.139. The fourth-order valence-corrected chi connectivity index (χ4v) is 2.05. The van der Waals surface area contributed by atoms with Crippen molar-refractivity contribution in [3.05, 3.63) is 35.9 Å². The molecule has 1 aromatic carbocycles. The van der Waals surface area contributed by atoms with Crippen LogP contribution in [0.25, 0.3) is 0 Å². The van der Waals surface area contributed by atoms with Gasteiger partial charge in [-0.3, -0.25) is 4.90 Å². The van der Waals surface area contributed by atoms with E-state index in [0.29, 0.717) is 6.61 Å². The lowest BCUT2D eigenvalue weighted by molar-refractivity contribution is -0.0863. The Bertz CT molecular complexity index is 328. The smallest absolute Gasteiger partial charge is 0.0671 e. The number of hydrogen-bond acceptors (Lipinski definition) is 3. The van der Waals surface area contributed by atoms with Crippen LogP contribution in [0, 0.1) is 0 Å². The molecule has 1 atom stereocenters. The summed E-state index contributed by atoms with van der Waals surface area (Å²) in [5, 5.41) is 9.48. The van der Waals surface area contributed by atoms with Crippen molar-refractivity contribution in [1.82, 2.24) is 4.90 Å². The van der Waals surface area contributed by atoms with E-state index < -0.39 is 0 Å². The van der Waals surface area contributed by atoms with Crippen LogP contribution in [-0.2, 0) is 11.3 Å². The minimum Gasteiger partial charge on any atom is -0.394 e. The number of hydrogen-bond donors (Lipinski definition) is 1. The fraction of sp³-hybridized carbons (Fsp3) is 0.538. The highest BCUT2D eigenvalue weighted by molar-refractivity contribution is 5.15. The first-order valence-electron chi connectivity index (χ1n) is 5.72. The van der Waals surface area contributed by atoms with E-state index in [1.54, 1.807) is 0 Å². The third kappa shape index (κ3) is 2.43. The molecule has 1 aromatic rings. The molecule has 1 aliphatic heterocycles. The van der Waals surface area contributed by atoms with Crippen molar-refractivity contribution >= 4 is 0 Å². The number of aliphatic hydroxyl groups is 1. The molecule has 0 bridgehead atoms. The highest BCUT2D eigenvalue weighted by Crippen LogP contribution is 2.21. The molecule has 3 heteroatoms. The molecule has 1 saturated heterocycles. The number of nitrogens with zero attached hydrogens (tertiary/aromatic N) is 1. The Labute approximate surface area is 96.6 Å². The maximum atomic E-state index is 9.48. The van der Waals surface area contributed by atoms with Crippen LogP contribution in [0.2, 0.25) is 0 Å². The van der Waals surface area contributed by atoms with Gasteiger partial charge in [0.15, 0.2) is 0 Å². The molecule has 0 spiro atoms. The van der Waals surface area contributed by atoms with Gasteiger partial charge in [0.2, 0.25) is 0 Å². The van der Waals surface area contributed by atoms with Crippen molar-refractivity contribution in [2.45, 2.75) is 19.0 Å². The van der Waals surface area contributed by atoms with Crippen LogP contribution in [0.1, 0.15) is 12.5 Å². The Morgan fingerprint density at radius 1 is 1.38 bits per heavy atom. The van der Waals surface area contributed by atoms with Gasteiger partial charge in [-0.15, -0.1) is 0 Å². The number of aliphatic hydroxyl groups excluding tert-OH is 1. The van der Waals surface area contributed by atoms with Crippen LogP contribution in [0.3, 0.4) is 0 Å². The fourth-order valence-electron chi connectivity index (χ4n) is 2.05. The Hall–Kier alpha value is -0.900. The summed E-state index contributed by atoms with van der Waals surface area (Å²) in [6.45, 7) is 5.31. The largest absolute Gasteiger partial charge is 0.394 e. The number of ether oxygens (including phenoxy) is 1. The molecule has 1 heterocycles. The second kappa shape index (κ2) is 4.95. The van der Waals surface area contributed by atoms with Crippen LogP contribution >= 0.6 is 0 Å². The van der Waals surface area contributed by atoms with Gasteiger partial charge in [0, 0.05) is 13.1 Å². The zero-order valence-electron chi connectivity index (χ0n) is 9.72. The summed E-state index contributed by atoms with van der Waals surface area (Å²) in [5.41, 5.74) is 1.04. The predicted molar refractivity (Wildman–Crippen MR) is 63.2 cm³/mol. The summed E-state index contributed by atoms with van der Waals surface area (Å²) in [5.74, 6) is 0. The van der Waals surface area contributed by atoms with E-state index in [1.165, 1.54) is 5.56 Å². The SMILES string of the molecule is CC1(CO)COCCN1Cc1ccccc1. The second-order valence-electron chi connectivity index (χ2n) is 4.61. The zero-order chi connectivity index (χ0) is 11.4. The summed E-state index contributed by atoms with van der Waals surface area (Å²) in [7, 11) is 0. The number of morpholine rings is 1. The molecule has 0 saturated carbocycles. The lowest BCUT2D eigenvalue weighted by Gasteiger charge is -2.43. The molecule has 88 valence electrons. The lowest BCUT2D eigenvalue weighted by atomic mass is 10.00. The van der Waals surface area contributed by atoms with E-state index >= 15 is 0 Å². The first-order valence-corrected chi connectivity index (χ1v) is 5.72. The van der Waals surface area contributed by atoms with Gasteiger partial charge in [0.1, 0.15) is 0 Å². The molecule has 1 unspecified atom stereocenters. The summed E-state index contributed by atoms with van der Waals surface area (Å²) in [6, 6.07) is 10.4. The molecule has 1 fully saturated rings. The topological polar surface area (TPSA) is 32.7 Å². The van der Waals surface area contributed by atoms with Crippen LogP contribution in [-0.4, -0.2) is 41.9 Å². The van der Waals surface area contributed by atoms with Crippen molar-refractivity contribution in [2.75, 3.05) is 26.4 Å². The van der Waals surface area contributed by atoms with Crippen molar-refractivity contribution in [3.63, 3.8) is 0 Å². The van der Waals surface area contributed by atoms with Crippen molar-refractivity contribution in [2.24, 2.45) is 0 Å². The van der Waals surface area contributed by atoms with Gasteiger partial charge in [-0.1, -0.05) is 30.3 Å².